The fourth-order valence-corrected chi connectivity index (χ4v) is 7.66. The van der Waals surface area contributed by atoms with Crippen molar-refractivity contribution in [1.82, 2.24) is 0 Å². The fourth-order valence-electron chi connectivity index (χ4n) is 7.66. The Morgan fingerprint density at radius 1 is 0.305 bits per heavy atom. The maximum Gasteiger partial charge on any atom is 0.148 e. The highest BCUT2D eigenvalue weighted by molar-refractivity contribution is 5.59. The lowest BCUT2D eigenvalue weighted by atomic mass is 9.94. The number of ether oxygens (including phenoxy) is 10. The molecule has 10 bridgehead atoms. The molecule has 0 atom stereocenters. The molecule has 10 heteroatoms. The third-order valence-electron chi connectivity index (χ3n) is 10.5. The van der Waals surface area contributed by atoms with E-state index in [0.717, 1.165) is 55.6 Å². The average Bonchev–Trinajstić information content (AvgIpc) is 3.26. The molecule has 0 saturated carbocycles. The predicted octanol–water partition coefficient (Wildman–Crippen LogP) is 8.05. The third kappa shape index (κ3) is 9.03. The molecule has 0 N–H and O–H groups in total. The molecule has 15 rings (SSSR count). The van der Waals surface area contributed by atoms with Gasteiger partial charge >= 0.3 is 0 Å². The summed E-state index contributed by atoms with van der Waals surface area (Å²) in [6.45, 7) is 0.114. The van der Waals surface area contributed by atoms with Crippen LogP contribution in [0.25, 0.3) is 0 Å². The Hall–Kier alpha value is -6.78. The molecular formula is C49H50O10. The Balaban J connectivity index is 1.63. The topological polar surface area (TPSA) is 92.3 Å². The summed E-state index contributed by atoms with van der Waals surface area (Å²) in [7, 11) is 13.2. The van der Waals surface area contributed by atoms with Gasteiger partial charge in [0, 0.05) is 87.7 Å². The monoisotopic (exact) mass is 798 g/mol. The van der Waals surface area contributed by atoms with Crippen molar-refractivity contribution in [2.75, 3.05) is 70.1 Å². The van der Waals surface area contributed by atoms with Gasteiger partial charge in [-0.15, -0.1) is 12.8 Å². The highest BCUT2D eigenvalue weighted by atomic mass is 16.5. The van der Waals surface area contributed by atoms with Crippen molar-refractivity contribution in [2.24, 2.45) is 0 Å². The first-order valence-electron chi connectivity index (χ1n) is 19.0. The van der Waals surface area contributed by atoms with Gasteiger partial charge < -0.3 is 47.4 Å². The Morgan fingerprint density at radius 3 is 0.610 bits per heavy atom. The van der Waals surface area contributed by atoms with Crippen molar-refractivity contribution in [3.8, 4) is 82.2 Å². The second kappa shape index (κ2) is 19.1. The summed E-state index contributed by atoms with van der Waals surface area (Å²) in [6, 6.07) is 19.9. The summed E-state index contributed by atoms with van der Waals surface area (Å²) >= 11 is 0. The van der Waals surface area contributed by atoms with E-state index in [1.165, 1.54) is 0 Å². The van der Waals surface area contributed by atoms with E-state index in [4.69, 9.17) is 60.2 Å². The van der Waals surface area contributed by atoms with Crippen molar-refractivity contribution in [2.45, 2.75) is 32.1 Å². The van der Waals surface area contributed by atoms with E-state index < -0.39 is 0 Å². The summed E-state index contributed by atoms with van der Waals surface area (Å²) < 4.78 is 60.4. The van der Waals surface area contributed by atoms with Crippen LogP contribution in [0.15, 0.2) is 60.7 Å². The molecule has 5 aromatic carbocycles. The van der Waals surface area contributed by atoms with Crippen molar-refractivity contribution in [3.63, 3.8) is 0 Å². The summed E-state index contributed by atoms with van der Waals surface area (Å²) in [5, 5.41) is 0. The number of benzene rings is 5. The first-order chi connectivity index (χ1) is 28.7. The maximum absolute atomic E-state index is 6.21. The molecule has 0 spiro atoms. The van der Waals surface area contributed by atoms with Crippen LogP contribution >= 0.6 is 0 Å². The minimum Gasteiger partial charge on any atom is -0.496 e. The van der Waals surface area contributed by atoms with Crippen LogP contribution in [0.2, 0.25) is 0 Å². The first-order valence-corrected chi connectivity index (χ1v) is 19.0. The van der Waals surface area contributed by atoms with Gasteiger partial charge in [-0.25, -0.2) is 0 Å². The molecule has 0 amide bonds. The van der Waals surface area contributed by atoms with E-state index in [2.05, 4.69) is 11.8 Å². The second-order valence-electron chi connectivity index (χ2n) is 13.8. The van der Waals surface area contributed by atoms with Crippen LogP contribution in [0.1, 0.15) is 55.6 Å². The number of rotatable bonds is 12. The molecular weight excluding hydrogens is 749 g/mol. The van der Waals surface area contributed by atoms with Gasteiger partial charge in [-0.2, -0.15) is 0 Å². The lowest BCUT2D eigenvalue weighted by Crippen LogP contribution is -2.07. The SMILES string of the molecule is C#CCOc1cc2c(OCC#C)cc1Cc1cc(OC)c(cc1OC)Cc1cc(OC)c(cc1OC)Cc1cc(OC)c(cc1OC)Cc1cc(OC)c(cc1OC)C2. The molecule has 306 valence electrons. The molecule has 5 aromatic rings. The van der Waals surface area contributed by atoms with Gasteiger partial charge in [0.25, 0.3) is 0 Å². The van der Waals surface area contributed by atoms with Gasteiger partial charge in [-0.05, 0) is 60.7 Å². The summed E-state index contributed by atoms with van der Waals surface area (Å²) in [5.74, 6) is 11.8. The fraction of sp³-hybridized carbons (Fsp3) is 0.306. The maximum atomic E-state index is 6.21. The van der Waals surface area contributed by atoms with Gasteiger partial charge in [0.05, 0.1) is 56.9 Å². The molecule has 0 saturated heterocycles. The lowest BCUT2D eigenvalue weighted by molar-refractivity contribution is 0.353. The largest absolute Gasteiger partial charge is 0.496 e. The van der Waals surface area contributed by atoms with E-state index in [-0.39, 0.29) is 13.2 Å². The zero-order valence-electron chi connectivity index (χ0n) is 35.0. The number of methoxy groups -OCH3 is 8. The van der Waals surface area contributed by atoms with Crippen LogP contribution in [0.5, 0.6) is 57.5 Å². The number of hydrogen-bond donors (Lipinski definition) is 0. The van der Waals surface area contributed by atoms with Crippen molar-refractivity contribution in [3.05, 3.63) is 116 Å². The van der Waals surface area contributed by atoms with E-state index in [1.54, 1.807) is 56.9 Å². The van der Waals surface area contributed by atoms with Crippen LogP contribution in [0.3, 0.4) is 0 Å². The molecule has 59 heavy (non-hydrogen) atoms. The summed E-state index contributed by atoms with van der Waals surface area (Å²) in [6.07, 6.45) is 13.6. The smallest absolute Gasteiger partial charge is 0.148 e. The number of hydrogen-bond acceptors (Lipinski definition) is 10. The van der Waals surface area contributed by atoms with Crippen LogP contribution in [-0.4, -0.2) is 70.1 Å². The van der Waals surface area contributed by atoms with Crippen LogP contribution in [0.4, 0.5) is 0 Å². The first kappa shape index (κ1) is 41.8. The Labute approximate surface area is 347 Å². The van der Waals surface area contributed by atoms with Crippen molar-refractivity contribution >= 4 is 0 Å². The molecule has 0 aromatic heterocycles. The highest BCUT2D eigenvalue weighted by Crippen LogP contribution is 2.42. The zero-order valence-corrected chi connectivity index (χ0v) is 35.0. The van der Waals surface area contributed by atoms with Crippen molar-refractivity contribution < 1.29 is 47.4 Å². The van der Waals surface area contributed by atoms with Crippen LogP contribution in [0, 0.1) is 24.7 Å². The molecule has 0 heterocycles. The van der Waals surface area contributed by atoms with Gasteiger partial charge in [0.1, 0.15) is 70.7 Å². The standard InChI is InChI=1S/C49H50O10/c1-11-13-58-48-28-39-19-37-27-45(55-8)35(25-47(37)57-10)17-33-23-41(51-4)31(21-43(33)53-6)15-30-20-42(52-5)32(22-40(30)50-3)16-34-24-46(56-9)36(26-44(34)54-7)18-38(48)29-49(39)59-14-12-2/h1-2,20-29H,13-19H2,3-10H3. The van der Waals surface area contributed by atoms with E-state index in [9.17, 15) is 0 Å². The minimum atomic E-state index is 0.0571. The minimum absolute atomic E-state index is 0.0571. The Bertz CT molecular complexity index is 2230. The van der Waals surface area contributed by atoms with Gasteiger partial charge in [-0.3, -0.25) is 0 Å². The molecule has 10 aliphatic carbocycles. The van der Waals surface area contributed by atoms with E-state index in [1.807, 2.05) is 60.7 Å². The van der Waals surface area contributed by atoms with Gasteiger partial charge in [0.2, 0.25) is 0 Å². The average molecular weight is 799 g/mol. The Morgan fingerprint density at radius 2 is 0.458 bits per heavy atom. The summed E-state index contributed by atoms with van der Waals surface area (Å²) in [4.78, 5) is 0. The predicted molar refractivity (Wildman–Crippen MR) is 227 cm³/mol. The normalized spacial score (nSPS) is 11.8. The summed E-state index contributed by atoms with van der Waals surface area (Å²) in [5.41, 5.74) is 8.74. The molecule has 0 fully saturated rings. The van der Waals surface area contributed by atoms with E-state index in [0.29, 0.717) is 89.6 Å². The zero-order chi connectivity index (χ0) is 42.1. The lowest BCUT2D eigenvalue weighted by Gasteiger charge is -2.20. The third-order valence-corrected chi connectivity index (χ3v) is 10.5. The number of terminal acetylenes is 2. The van der Waals surface area contributed by atoms with Gasteiger partial charge in [0.15, 0.2) is 0 Å². The second-order valence-corrected chi connectivity index (χ2v) is 13.8. The van der Waals surface area contributed by atoms with Crippen LogP contribution in [-0.2, 0) is 32.1 Å². The van der Waals surface area contributed by atoms with Gasteiger partial charge in [-0.1, -0.05) is 11.8 Å². The van der Waals surface area contributed by atoms with E-state index >= 15 is 0 Å². The molecule has 10 aliphatic rings. The molecule has 0 radical (unpaired) electrons. The van der Waals surface area contributed by atoms with Crippen molar-refractivity contribution in [1.29, 1.82) is 0 Å². The quantitative estimate of drug-likeness (QED) is 0.113. The Kier molecular flexibility index (Phi) is 13.6. The molecule has 0 aliphatic heterocycles. The highest BCUT2D eigenvalue weighted by Gasteiger charge is 2.23. The molecule has 10 nitrogen and oxygen atoms in total. The molecule has 0 unspecified atom stereocenters. The van der Waals surface area contributed by atoms with Crippen LogP contribution < -0.4 is 47.4 Å².